The fourth-order valence-corrected chi connectivity index (χ4v) is 3.37. The molecular weight excluding hydrogens is 340 g/mol. The van der Waals surface area contributed by atoms with Gasteiger partial charge in [0.1, 0.15) is 15.9 Å². The summed E-state index contributed by atoms with van der Waals surface area (Å²) in [6, 6.07) is 11.8. The molecule has 2 heterocycles. The number of carbonyl (C=O) groups excluding carboxylic acids is 1. The SMILES string of the molecule is CSc1nc(C(=O)NCCc2nccc(-c3ccccc3)n2)cs1. The summed E-state index contributed by atoms with van der Waals surface area (Å²) < 4.78 is 0.888. The van der Waals surface area contributed by atoms with E-state index in [4.69, 9.17) is 0 Å². The molecule has 0 radical (unpaired) electrons. The van der Waals surface area contributed by atoms with Crippen LogP contribution in [0.5, 0.6) is 0 Å². The maximum Gasteiger partial charge on any atom is 0.270 e. The van der Waals surface area contributed by atoms with E-state index >= 15 is 0 Å². The number of hydrogen-bond donors (Lipinski definition) is 1. The molecule has 1 amide bonds. The summed E-state index contributed by atoms with van der Waals surface area (Å²) in [5.41, 5.74) is 2.40. The van der Waals surface area contributed by atoms with E-state index in [0.29, 0.717) is 24.5 Å². The molecular formula is C17H16N4OS2. The van der Waals surface area contributed by atoms with Gasteiger partial charge in [-0.25, -0.2) is 15.0 Å². The number of nitrogens with zero attached hydrogens (tertiary/aromatic N) is 3. The van der Waals surface area contributed by atoms with Crippen LogP contribution in [0.2, 0.25) is 0 Å². The molecule has 7 heteroatoms. The lowest BCUT2D eigenvalue weighted by molar-refractivity contribution is 0.0949. The van der Waals surface area contributed by atoms with Gasteiger partial charge < -0.3 is 5.32 Å². The Balaban J connectivity index is 1.58. The van der Waals surface area contributed by atoms with Gasteiger partial charge in [0.15, 0.2) is 0 Å². The van der Waals surface area contributed by atoms with Gasteiger partial charge in [-0.1, -0.05) is 42.1 Å². The van der Waals surface area contributed by atoms with Crippen LogP contribution in [0.3, 0.4) is 0 Å². The number of aromatic nitrogens is 3. The molecule has 24 heavy (non-hydrogen) atoms. The molecule has 2 aromatic heterocycles. The molecule has 0 aliphatic rings. The number of nitrogens with one attached hydrogen (secondary N) is 1. The monoisotopic (exact) mass is 356 g/mol. The lowest BCUT2D eigenvalue weighted by Crippen LogP contribution is -2.26. The highest BCUT2D eigenvalue weighted by molar-refractivity contribution is 8.00. The minimum Gasteiger partial charge on any atom is -0.350 e. The zero-order chi connectivity index (χ0) is 16.8. The van der Waals surface area contributed by atoms with Crippen molar-refractivity contribution in [3.05, 3.63) is 59.5 Å². The molecule has 0 spiro atoms. The van der Waals surface area contributed by atoms with Gasteiger partial charge >= 0.3 is 0 Å². The number of thiazole rings is 1. The molecule has 0 atom stereocenters. The van der Waals surface area contributed by atoms with Crippen molar-refractivity contribution in [2.45, 2.75) is 10.8 Å². The summed E-state index contributed by atoms with van der Waals surface area (Å²) >= 11 is 3.01. The number of amides is 1. The molecule has 5 nitrogen and oxygen atoms in total. The normalized spacial score (nSPS) is 10.5. The Labute approximate surface area is 148 Å². The van der Waals surface area contributed by atoms with Gasteiger partial charge in [-0.2, -0.15) is 0 Å². The van der Waals surface area contributed by atoms with Crippen LogP contribution in [0.25, 0.3) is 11.3 Å². The zero-order valence-electron chi connectivity index (χ0n) is 13.1. The molecule has 0 aliphatic carbocycles. The third-order valence-corrected chi connectivity index (χ3v) is 5.16. The predicted octanol–water partition coefficient (Wildman–Crippen LogP) is 3.29. The van der Waals surface area contributed by atoms with Crippen LogP contribution in [0.15, 0.2) is 52.3 Å². The van der Waals surface area contributed by atoms with Crippen molar-refractivity contribution < 1.29 is 4.79 Å². The Morgan fingerprint density at radius 1 is 1.21 bits per heavy atom. The molecule has 1 N–H and O–H groups in total. The molecule has 0 unspecified atom stereocenters. The smallest absolute Gasteiger partial charge is 0.270 e. The van der Waals surface area contributed by atoms with E-state index in [1.54, 1.807) is 11.6 Å². The molecule has 0 bridgehead atoms. The van der Waals surface area contributed by atoms with Gasteiger partial charge in [-0.05, 0) is 12.3 Å². The molecule has 3 aromatic rings. The lowest BCUT2D eigenvalue weighted by atomic mass is 10.1. The minimum absolute atomic E-state index is 0.161. The first-order chi connectivity index (χ1) is 11.8. The second kappa shape index (κ2) is 8.03. The van der Waals surface area contributed by atoms with E-state index < -0.39 is 0 Å². The van der Waals surface area contributed by atoms with Crippen molar-refractivity contribution in [1.82, 2.24) is 20.3 Å². The van der Waals surface area contributed by atoms with Crippen LogP contribution in [-0.4, -0.2) is 33.7 Å². The number of hydrogen-bond acceptors (Lipinski definition) is 6. The molecule has 0 saturated carbocycles. The van der Waals surface area contributed by atoms with Crippen molar-refractivity contribution in [2.24, 2.45) is 0 Å². The summed E-state index contributed by atoms with van der Waals surface area (Å²) in [5.74, 6) is 0.547. The number of thioether (sulfide) groups is 1. The molecule has 0 aliphatic heterocycles. The Kier molecular flexibility index (Phi) is 5.55. The Hall–Kier alpha value is -2.25. The minimum atomic E-state index is -0.161. The first-order valence-corrected chi connectivity index (χ1v) is 9.52. The first-order valence-electron chi connectivity index (χ1n) is 7.41. The zero-order valence-corrected chi connectivity index (χ0v) is 14.7. The van der Waals surface area contributed by atoms with Gasteiger partial charge in [-0.3, -0.25) is 4.79 Å². The molecule has 1 aromatic carbocycles. The molecule has 122 valence electrons. The third-order valence-electron chi connectivity index (χ3n) is 3.30. The fourth-order valence-electron chi connectivity index (χ4n) is 2.12. The highest BCUT2D eigenvalue weighted by Crippen LogP contribution is 2.19. The van der Waals surface area contributed by atoms with Crippen molar-refractivity contribution in [3.8, 4) is 11.3 Å². The second-order valence-electron chi connectivity index (χ2n) is 4.93. The van der Waals surface area contributed by atoms with Gasteiger partial charge in [0.2, 0.25) is 0 Å². The highest BCUT2D eigenvalue weighted by atomic mass is 32.2. The summed E-state index contributed by atoms with van der Waals surface area (Å²) in [4.78, 5) is 25.1. The number of carbonyl (C=O) groups is 1. The quantitative estimate of drug-likeness (QED) is 0.687. The second-order valence-corrected chi connectivity index (χ2v) is 6.84. The molecule has 3 rings (SSSR count). The van der Waals surface area contributed by atoms with Gasteiger partial charge in [0.05, 0.1) is 5.69 Å². The standard InChI is InChI=1S/C17H16N4OS2/c1-23-17-21-14(11-24-17)16(22)19-10-8-15-18-9-7-13(20-15)12-5-3-2-4-6-12/h2-7,9,11H,8,10H2,1H3,(H,19,22). The summed E-state index contributed by atoms with van der Waals surface area (Å²) in [6.45, 7) is 0.475. The highest BCUT2D eigenvalue weighted by Gasteiger charge is 2.10. The van der Waals surface area contributed by atoms with Gasteiger partial charge in [0, 0.05) is 30.1 Å². The van der Waals surface area contributed by atoms with Gasteiger partial charge in [-0.15, -0.1) is 11.3 Å². The van der Waals surface area contributed by atoms with E-state index in [2.05, 4.69) is 20.3 Å². The number of benzene rings is 1. The van der Waals surface area contributed by atoms with Gasteiger partial charge in [0.25, 0.3) is 5.91 Å². The summed E-state index contributed by atoms with van der Waals surface area (Å²) in [7, 11) is 0. The van der Waals surface area contributed by atoms with Crippen LogP contribution in [-0.2, 0) is 6.42 Å². The summed E-state index contributed by atoms with van der Waals surface area (Å²) in [6.07, 6.45) is 4.27. The van der Waals surface area contributed by atoms with Crippen LogP contribution < -0.4 is 5.32 Å². The Morgan fingerprint density at radius 3 is 2.79 bits per heavy atom. The Bertz CT molecular complexity index is 820. The lowest BCUT2D eigenvalue weighted by Gasteiger charge is -2.05. The molecule has 0 fully saturated rings. The van der Waals surface area contributed by atoms with Crippen LogP contribution in [0.4, 0.5) is 0 Å². The van der Waals surface area contributed by atoms with Crippen molar-refractivity contribution in [1.29, 1.82) is 0 Å². The maximum atomic E-state index is 12.0. The largest absolute Gasteiger partial charge is 0.350 e. The summed E-state index contributed by atoms with van der Waals surface area (Å²) in [5, 5.41) is 4.63. The molecule has 0 saturated heterocycles. The van der Waals surface area contributed by atoms with Crippen molar-refractivity contribution in [3.63, 3.8) is 0 Å². The van der Waals surface area contributed by atoms with E-state index in [9.17, 15) is 4.79 Å². The van der Waals surface area contributed by atoms with Crippen molar-refractivity contribution >= 4 is 29.0 Å². The average molecular weight is 356 g/mol. The Morgan fingerprint density at radius 2 is 2.04 bits per heavy atom. The van der Waals surface area contributed by atoms with E-state index in [-0.39, 0.29) is 5.91 Å². The maximum absolute atomic E-state index is 12.0. The first kappa shape index (κ1) is 16.6. The number of rotatable bonds is 6. The average Bonchev–Trinajstić information content (AvgIpc) is 3.12. The van der Waals surface area contributed by atoms with Crippen LogP contribution in [0, 0.1) is 0 Å². The topological polar surface area (TPSA) is 67.8 Å². The van der Waals surface area contributed by atoms with E-state index in [1.165, 1.54) is 23.1 Å². The third kappa shape index (κ3) is 4.18. The van der Waals surface area contributed by atoms with E-state index in [0.717, 1.165) is 15.6 Å². The van der Waals surface area contributed by atoms with Crippen LogP contribution in [0.1, 0.15) is 16.3 Å². The predicted molar refractivity (Wildman–Crippen MR) is 97.4 cm³/mol. The van der Waals surface area contributed by atoms with Crippen LogP contribution >= 0.6 is 23.1 Å². The van der Waals surface area contributed by atoms with E-state index in [1.807, 2.05) is 42.7 Å². The fraction of sp³-hybridized carbons (Fsp3) is 0.176. The van der Waals surface area contributed by atoms with Crippen molar-refractivity contribution in [2.75, 3.05) is 12.8 Å².